The number of carbonyl (C=O) groups excluding carboxylic acids is 2. The molecule has 2 amide bonds. The first-order chi connectivity index (χ1) is 11.0. The van der Waals surface area contributed by atoms with Crippen molar-refractivity contribution in [3.63, 3.8) is 0 Å². The average Bonchev–Trinajstić information content (AvgIpc) is 3.17. The van der Waals surface area contributed by atoms with Crippen molar-refractivity contribution >= 4 is 23.2 Å². The molecule has 1 aromatic heterocycles. The van der Waals surface area contributed by atoms with Crippen LogP contribution in [0.25, 0.3) is 0 Å². The Bertz CT molecular complexity index is 755. The summed E-state index contributed by atoms with van der Waals surface area (Å²) >= 11 is 0. The lowest BCUT2D eigenvalue weighted by atomic mass is 10.1. The highest BCUT2D eigenvalue weighted by Gasteiger charge is 2.35. The highest BCUT2D eigenvalue weighted by molar-refractivity contribution is 6.43. The maximum absolute atomic E-state index is 13.0. The van der Waals surface area contributed by atoms with Gasteiger partial charge >= 0.3 is 0 Å². The van der Waals surface area contributed by atoms with E-state index >= 15 is 0 Å². The Hall–Kier alpha value is -3.16. The second-order valence-electron chi connectivity index (χ2n) is 5.02. The second kappa shape index (κ2) is 5.91. The van der Waals surface area contributed by atoms with Crippen molar-refractivity contribution in [2.45, 2.75) is 12.5 Å². The van der Waals surface area contributed by atoms with Gasteiger partial charge in [-0.15, -0.1) is 0 Å². The molecule has 1 atom stereocenters. The molecule has 2 heterocycles. The first-order valence-electron chi connectivity index (χ1n) is 6.90. The molecule has 1 aliphatic rings. The lowest BCUT2D eigenvalue weighted by molar-refractivity contribution is -0.119. The van der Waals surface area contributed by atoms with Crippen LogP contribution < -0.4 is 16.2 Å². The number of hydrogen-bond donors (Lipinski definition) is 2. The van der Waals surface area contributed by atoms with E-state index in [0.717, 1.165) is 0 Å². The quantitative estimate of drug-likeness (QED) is 0.874. The standard InChI is InChI=1S/C15H14FN5O2/c16-10-3-5-11(6-4-10)21-13(14(17)22)9-12(18-21)15(23)19-20-7-1-2-8-20/h1-8,13H,9H2,(H2,17,22)(H,19,23)/t13-/m1/s1. The minimum Gasteiger partial charge on any atom is -0.368 e. The number of nitrogens with one attached hydrogen (secondary N) is 1. The normalized spacial score (nSPS) is 17.0. The molecule has 2 aromatic rings. The van der Waals surface area contributed by atoms with Gasteiger partial charge in [0.15, 0.2) is 0 Å². The zero-order chi connectivity index (χ0) is 16.4. The van der Waals surface area contributed by atoms with Gasteiger partial charge in [-0.2, -0.15) is 5.10 Å². The Morgan fingerprint density at radius 2 is 1.87 bits per heavy atom. The number of rotatable bonds is 4. The molecule has 0 radical (unpaired) electrons. The van der Waals surface area contributed by atoms with Gasteiger partial charge in [-0.3, -0.25) is 24.7 Å². The molecule has 8 heteroatoms. The number of anilines is 1. The fraction of sp³-hybridized carbons (Fsp3) is 0.133. The Morgan fingerprint density at radius 3 is 2.48 bits per heavy atom. The molecule has 1 aliphatic heterocycles. The summed E-state index contributed by atoms with van der Waals surface area (Å²) in [5.41, 5.74) is 8.66. The van der Waals surface area contributed by atoms with Crippen LogP contribution in [0.15, 0.2) is 53.9 Å². The lowest BCUT2D eigenvalue weighted by Gasteiger charge is -2.20. The molecule has 118 valence electrons. The molecule has 0 saturated heterocycles. The van der Waals surface area contributed by atoms with Crippen LogP contribution in [0.2, 0.25) is 0 Å². The molecule has 0 aliphatic carbocycles. The highest BCUT2D eigenvalue weighted by Crippen LogP contribution is 2.24. The summed E-state index contributed by atoms with van der Waals surface area (Å²) in [5, 5.41) is 5.51. The van der Waals surface area contributed by atoms with Gasteiger partial charge in [-0.25, -0.2) is 4.39 Å². The maximum atomic E-state index is 13.0. The second-order valence-corrected chi connectivity index (χ2v) is 5.02. The smallest absolute Gasteiger partial charge is 0.286 e. The number of halogens is 1. The van der Waals surface area contributed by atoms with Gasteiger partial charge in [0.1, 0.15) is 17.6 Å². The molecule has 7 nitrogen and oxygen atoms in total. The maximum Gasteiger partial charge on any atom is 0.286 e. The average molecular weight is 315 g/mol. The van der Waals surface area contributed by atoms with E-state index in [4.69, 9.17) is 5.73 Å². The van der Waals surface area contributed by atoms with Crippen molar-refractivity contribution in [2.24, 2.45) is 10.8 Å². The molecule has 0 fully saturated rings. The number of hydrazone groups is 1. The SMILES string of the molecule is NC(=O)[C@H]1CC(C(=O)Nn2cccc2)=NN1c1ccc(F)cc1. The largest absolute Gasteiger partial charge is 0.368 e. The van der Waals surface area contributed by atoms with Crippen molar-refractivity contribution in [1.29, 1.82) is 0 Å². The number of aromatic nitrogens is 1. The molecule has 23 heavy (non-hydrogen) atoms. The highest BCUT2D eigenvalue weighted by atomic mass is 19.1. The summed E-state index contributed by atoms with van der Waals surface area (Å²) in [6.07, 6.45) is 3.41. The van der Waals surface area contributed by atoms with Crippen LogP contribution >= 0.6 is 0 Å². The first kappa shape index (κ1) is 14.8. The summed E-state index contributed by atoms with van der Waals surface area (Å²) < 4.78 is 14.5. The summed E-state index contributed by atoms with van der Waals surface area (Å²) in [7, 11) is 0. The number of hydrogen-bond acceptors (Lipinski definition) is 4. The van der Waals surface area contributed by atoms with Crippen LogP contribution in [0.5, 0.6) is 0 Å². The number of nitrogens with two attached hydrogens (primary N) is 1. The minimum absolute atomic E-state index is 0.0831. The summed E-state index contributed by atoms with van der Waals surface area (Å²) in [6.45, 7) is 0. The van der Waals surface area contributed by atoms with E-state index in [2.05, 4.69) is 10.5 Å². The van der Waals surface area contributed by atoms with Crippen LogP contribution in [-0.2, 0) is 9.59 Å². The number of carbonyl (C=O) groups is 2. The van der Waals surface area contributed by atoms with Crippen molar-refractivity contribution in [3.8, 4) is 0 Å². The molecular formula is C15H14FN5O2. The van der Waals surface area contributed by atoms with E-state index < -0.39 is 23.7 Å². The zero-order valence-corrected chi connectivity index (χ0v) is 12.0. The Labute approximate surface area is 131 Å². The minimum atomic E-state index is -0.786. The molecule has 1 aromatic carbocycles. The van der Waals surface area contributed by atoms with Crippen molar-refractivity contribution in [2.75, 3.05) is 10.4 Å². The van der Waals surface area contributed by atoms with E-state index in [9.17, 15) is 14.0 Å². The molecule has 0 unspecified atom stereocenters. The molecule has 0 saturated carbocycles. The van der Waals surface area contributed by atoms with E-state index in [0.29, 0.717) is 5.69 Å². The van der Waals surface area contributed by atoms with E-state index in [-0.39, 0.29) is 12.1 Å². The molecular weight excluding hydrogens is 301 g/mol. The molecule has 3 rings (SSSR count). The number of nitrogens with zero attached hydrogens (tertiary/aromatic N) is 3. The Morgan fingerprint density at radius 1 is 1.22 bits per heavy atom. The summed E-state index contributed by atoms with van der Waals surface area (Å²) in [6, 6.07) is 8.18. The third kappa shape index (κ3) is 3.05. The van der Waals surface area contributed by atoms with Gasteiger partial charge in [-0.1, -0.05) is 0 Å². The summed E-state index contributed by atoms with van der Waals surface area (Å²) in [4.78, 5) is 23.8. The van der Waals surface area contributed by atoms with Crippen LogP contribution in [0.1, 0.15) is 6.42 Å². The van der Waals surface area contributed by atoms with Gasteiger partial charge in [-0.05, 0) is 36.4 Å². The molecule has 0 bridgehead atoms. The lowest BCUT2D eigenvalue weighted by Crippen LogP contribution is -2.39. The van der Waals surface area contributed by atoms with Gasteiger partial charge in [0.05, 0.1) is 5.69 Å². The van der Waals surface area contributed by atoms with Gasteiger partial charge < -0.3 is 5.73 Å². The van der Waals surface area contributed by atoms with Crippen molar-refractivity contribution in [1.82, 2.24) is 4.68 Å². The summed E-state index contributed by atoms with van der Waals surface area (Å²) in [5.74, 6) is -1.45. The van der Waals surface area contributed by atoms with Gasteiger partial charge in [0.25, 0.3) is 5.91 Å². The first-order valence-corrected chi connectivity index (χ1v) is 6.90. The monoisotopic (exact) mass is 315 g/mol. The van der Waals surface area contributed by atoms with Crippen molar-refractivity contribution in [3.05, 3.63) is 54.6 Å². The Balaban J connectivity index is 1.84. The number of benzene rings is 1. The number of amides is 2. The third-order valence-electron chi connectivity index (χ3n) is 3.43. The van der Waals surface area contributed by atoms with E-state index in [1.807, 2.05) is 0 Å². The van der Waals surface area contributed by atoms with E-state index in [1.54, 1.807) is 24.5 Å². The van der Waals surface area contributed by atoms with Crippen LogP contribution in [0, 0.1) is 5.82 Å². The predicted octanol–water partition coefficient (Wildman–Crippen LogP) is 0.818. The Kier molecular flexibility index (Phi) is 3.80. The van der Waals surface area contributed by atoms with Crippen LogP contribution in [0.4, 0.5) is 10.1 Å². The van der Waals surface area contributed by atoms with Gasteiger partial charge in [0, 0.05) is 18.8 Å². The fourth-order valence-corrected chi connectivity index (χ4v) is 2.29. The fourth-order valence-electron chi connectivity index (χ4n) is 2.29. The van der Waals surface area contributed by atoms with Crippen LogP contribution in [0.3, 0.4) is 0 Å². The molecule has 3 N–H and O–H groups in total. The van der Waals surface area contributed by atoms with Crippen molar-refractivity contribution < 1.29 is 14.0 Å². The topological polar surface area (TPSA) is 92.7 Å². The van der Waals surface area contributed by atoms with E-state index in [1.165, 1.54) is 34.0 Å². The zero-order valence-electron chi connectivity index (χ0n) is 12.0. The number of primary amides is 1. The van der Waals surface area contributed by atoms with Crippen LogP contribution in [-0.4, -0.2) is 28.2 Å². The third-order valence-corrected chi connectivity index (χ3v) is 3.43. The van der Waals surface area contributed by atoms with Gasteiger partial charge in [0.2, 0.25) is 5.91 Å². The molecule has 0 spiro atoms. The predicted molar refractivity (Wildman–Crippen MR) is 82.7 cm³/mol.